The molecule has 24 heavy (non-hydrogen) atoms. The molecule has 1 N–H and O–H groups in total. The number of pyridine rings is 1. The molecule has 0 atom stereocenters. The molecule has 0 bridgehead atoms. The van der Waals surface area contributed by atoms with Gasteiger partial charge in [-0.3, -0.25) is 4.79 Å². The van der Waals surface area contributed by atoms with Gasteiger partial charge in [-0.05, 0) is 43.2 Å². The Morgan fingerprint density at radius 1 is 1.17 bits per heavy atom. The van der Waals surface area contributed by atoms with Gasteiger partial charge in [0.25, 0.3) is 0 Å². The summed E-state index contributed by atoms with van der Waals surface area (Å²) in [4.78, 5) is 23.7. The van der Waals surface area contributed by atoms with Crippen LogP contribution >= 0.6 is 0 Å². The van der Waals surface area contributed by atoms with Crippen molar-refractivity contribution in [2.45, 2.75) is 20.4 Å². The van der Waals surface area contributed by atoms with E-state index in [0.717, 1.165) is 22.8 Å². The van der Waals surface area contributed by atoms with Crippen molar-refractivity contribution < 1.29 is 14.3 Å². The first-order valence-electron chi connectivity index (χ1n) is 7.49. The van der Waals surface area contributed by atoms with Gasteiger partial charge in [-0.1, -0.05) is 23.8 Å². The molecular weight excluding hydrogens is 309 g/mol. The van der Waals surface area contributed by atoms with E-state index in [1.165, 1.54) is 18.3 Å². The van der Waals surface area contributed by atoms with Gasteiger partial charge >= 0.3 is 5.97 Å². The van der Waals surface area contributed by atoms with Crippen LogP contribution in [0.15, 0.2) is 47.4 Å². The summed E-state index contributed by atoms with van der Waals surface area (Å²) >= 11 is 0. The molecule has 2 aromatic carbocycles. The zero-order valence-electron chi connectivity index (χ0n) is 13.3. The van der Waals surface area contributed by atoms with Crippen LogP contribution in [0.2, 0.25) is 0 Å². The molecule has 0 radical (unpaired) electrons. The summed E-state index contributed by atoms with van der Waals surface area (Å²) in [5.41, 5.74) is 2.64. The van der Waals surface area contributed by atoms with E-state index in [4.69, 9.17) is 0 Å². The molecular formula is C19H16FNO3. The van der Waals surface area contributed by atoms with Gasteiger partial charge in [0.2, 0.25) is 5.43 Å². The minimum atomic E-state index is -1.32. The molecule has 0 aliphatic carbocycles. The van der Waals surface area contributed by atoms with Crippen LogP contribution in [0.4, 0.5) is 4.39 Å². The average molecular weight is 325 g/mol. The van der Waals surface area contributed by atoms with Crippen molar-refractivity contribution in [2.75, 3.05) is 0 Å². The third kappa shape index (κ3) is 2.80. The lowest BCUT2D eigenvalue weighted by Crippen LogP contribution is -2.19. The highest BCUT2D eigenvalue weighted by atomic mass is 19.1. The summed E-state index contributed by atoms with van der Waals surface area (Å²) in [5.74, 6) is -1.89. The largest absolute Gasteiger partial charge is 0.477 e. The van der Waals surface area contributed by atoms with E-state index in [1.54, 1.807) is 4.57 Å². The number of aryl methyl sites for hydroxylation is 2. The van der Waals surface area contributed by atoms with Gasteiger partial charge in [-0.25, -0.2) is 9.18 Å². The third-order valence-electron chi connectivity index (χ3n) is 4.12. The van der Waals surface area contributed by atoms with Gasteiger partial charge in [0.1, 0.15) is 11.4 Å². The van der Waals surface area contributed by atoms with Crippen molar-refractivity contribution in [1.29, 1.82) is 0 Å². The SMILES string of the molecule is Cc1ccc(C)c(Cn2cc(C(=O)O)c(=O)c3cc(F)ccc32)c1. The average Bonchev–Trinajstić information content (AvgIpc) is 2.53. The first kappa shape index (κ1) is 15.9. The lowest BCUT2D eigenvalue weighted by molar-refractivity contribution is 0.0695. The Morgan fingerprint density at radius 3 is 2.62 bits per heavy atom. The van der Waals surface area contributed by atoms with Gasteiger partial charge in [-0.2, -0.15) is 0 Å². The molecule has 0 aliphatic heterocycles. The fourth-order valence-electron chi connectivity index (χ4n) is 2.81. The minimum absolute atomic E-state index is 0.0696. The smallest absolute Gasteiger partial charge is 0.341 e. The zero-order chi connectivity index (χ0) is 17.4. The van der Waals surface area contributed by atoms with Crippen molar-refractivity contribution >= 4 is 16.9 Å². The fraction of sp³-hybridized carbons (Fsp3) is 0.158. The number of nitrogens with zero attached hydrogens (tertiary/aromatic N) is 1. The highest BCUT2D eigenvalue weighted by molar-refractivity contribution is 5.92. The number of rotatable bonds is 3. The molecule has 0 unspecified atom stereocenters. The molecule has 0 spiro atoms. The summed E-state index contributed by atoms with van der Waals surface area (Å²) in [6.07, 6.45) is 1.33. The number of fused-ring (bicyclic) bond motifs is 1. The molecule has 3 aromatic rings. The van der Waals surface area contributed by atoms with E-state index < -0.39 is 17.2 Å². The summed E-state index contributed by atoms with van der Waals surface area (Å²) < 4.78 is 15.2. The number of aromatic nitrogens is 1. The van der Waals surface area contributed by atoms with E-state index in [0.29, 0.717) is 12.1 Å². The van der Waals surface area contributed by atoms with Gasteiger partial charge < -0.3 is 9.67 Å². The zero-order valence-corrected chi connectivity index (χ0v) is 13.3. The monoisotopic (exact) mass is 325 g/mol. The highest BCUT2D eigenvalue weighted by Gasteiger charge is 2.15. The number of halogens is 1. The molecule has 0 amide bonds. The van der Waals surface area contributed by atoms with E-state index in [1.807, 2.05) is 32.0 Å². The number of hydrogen-bond acceptors (Lipinski definition) is 2. The maximum atomic E-state index is 13.5. The first-order chi connectivity index (χ1) is 11.4. The van der Waals surface area contributed by atoms with Crippen molar-refractivity contribution in [3.63, 3.8) is 0 Å². The molecule has 3 rings (SSSR count). The van der Waals surface area contributed by atoms with Gasteiger partial charge in [0, 0.05) is 18.1 Å². The number of carboxylic acid groups (broad SMARTS) is 1. The molecule has 0 saturated carbocycles. The summed E-state index contributed by atoms with van der Waals surface area (Å²) in [6, 6.07) is 9.87. The Kier molecular flexibility index (Phi) is 3.93. The Bertz CT molecular complexity index is 1020. The second-order valence-corrected chi connectivity index (χ2v) is 5.90. The Morgan fingerprint density at radius 2 is 1.92 bits per heavy atom. The highest BCUT2D eigenvalue weighted by Crippen LogP contribution is 2.18. The molecule has 0 aliphatic rings. The number of carboxylic acids is 1. The third-order valence-corrected chi connectivity index (χ3v) is 4.12. The van der Waals surface area contributed by atoms with Crippen molar-refractivity contribution in [1.82, 2.24) is 4.57 Å². The van der Waals surface area contributed by atoms with Crippen LogP contribution in [-0.2, 0) is 6.54 Å². The van der Waals surface area contributed by atoms with Crippen LogP contribution in [0, 0.1) is 19.7 Å². The van der Waals surface area contributed by atoms with Gasteiger partial charge in [0.15, 0.2) is 0 Å². The number of benzene rings is 2. The lowest BCUT2D eigenvalue weighted by Gasteiger charge is -2.14. The van der Waals surface area contributed by atoms with Crippen LogP contribution in [0.3, 0.4) is 0 Å². The van der Waals surface area contributed by atoms with E-state index in [-0.39, 0.29) is 10.9 Å². The normalized spacial score (nSPS) is 11.0. The second kappa shape index (κ2) is 5.92. The summed E-state index contributed by atoms with van der Waals surface area (Å²) in [5, 5.41) is 9.35. The topological polar surface area (TPSA) is 59.3 Å². The number of hydrogen-bond donors (Lipinski definition) is 1. The summed E-state index contributed by atoms with van der Waals surface area (Å²) in [6.45, 7) is 4.35. The predicted molar refractivity (Wildman–Crippen MR) is 90.1 cm³/mol. The van der Waals surface area contributed by atoms with E-state index >= 15 is 0 Å². The molecule has 0 saturated heterocycles. The van der Waals surface area contributed by atoms with Crippen LogP contribution in [0.1, 0.15) is 27.0 Å². The molecule has 1 heterocycles. The Labute approximate surface area is 137 Å². The maximum Gasteiger partial charge on any atom is 0.341 e. The van der Waals surface area contributed by atoms with Crippen molar-refractivity contribution in [3.05, 3.63) is 80.9 Å². The molecule has 122 valence electrons. The van der Waals surface area contributed by atoms with Crippen LogP contribution in [-0.4, -0.2) is 15.6 Å². The molecule has 5 heteroatoms. The molecule has 4 nitrogen and oxygen atoms in total. The van der Waals surface area contributed by atoms with Crippen LogP contribution < -0.4 is 5.43 Å². The first-order valence-corrected chi connectivity index (χ1v) is 7.49. The lowest BCUT2D eigenvalue weighted by atomic mass is 10.0. The van der Waals surface area contributed by atoms with Crippen molar-refractivity contribution in [2.24, 2.45) is 0 Å². The standard InChI is InChI=1S/C19H16FNO3/c1-11-3-4-12(2)13(7-11)9-21-10-16(19(23)24)18(22)15-8-14(20)5-6-17(15)21/h3-8,10H,9H2,1-2H3,(H,23,24). The van der Waals surface area contributed by atoms with Gasteiger partial charge in [-0.15, -0.1) is 0 Å². The van der Waals surface area contributed by atoms with E-state index in [2.05, 4.69) is 0 Å². The molecule has 1 aromatic heterocycles. The number of carbonyl (C=O) groups is 1. The Hall–Kier alpha value is -2.95. The van der Waals surface area contributed by atoms with Gasteiger partial charge in [0.05, 0.1) is 5.52 Å². The van der Waals surface area contributed by atoms with Crippen molar-refractivity contribution in [3.8, 4) is 0 Å². The van der Waals surface area contributed by atoms with Crippen LogP contribution in [0.25, 0.3) is 10.9 Å². The fourth-order valence-corrected chi connectivity index (χ4v) is 2.81. The molecule has 0 fully saturated rings. The summed E-state index contributed by atoms with van der Waals surface area (Å²) in [7, 11) is 0. The Balaban J connectivity index is 2.27. The number of aromatic carboxylic acids is 1. The second-order valence-electron chi connectivity index (χ2n) is 5.90. The quantitative estimate of drug-likeness (QED) is 0.802. The van der Waals surface area contributed by atoms with E-state index in [9.17, 15) is 19.1 Å². The predicted octanol–water partition coefficient (Wildman–Crippen LogP) is 3.50. The van der Waals surface area contributed by atoms with Crippen LogP contribution in [0.5, 0.6) is 0 Å². The maximum absolute atomic E-state index is 13.5. The minimum Gasteiger partial charge on any atom is -0.477 e.